The average Bonchev–Trinajstić information content (AvgIpc) is 2.57. The number of rotatable bonds is 4. The van der Waals surface area contributed by atoms with Gasteiger partial charge in [0.25, 0.3) is 0 Å². The monoisotopic (exact) mass is 385 g/mol. The molecule has 1 atom stereocenters. The highest BCUT2D eigenvalue weighted by Gasteiger charge is 2.22. The van der Waals surface area contributed by atoms with Gasteiger partial charge in [-0.15, -0.1) is 11.3 Å². The molecule has 0 radical (unpaired) electrons. The van der Waals surface area contributed by atoms with E-state index >= 15 is 0 Å². The molecule has 0 bridgehead atoms. The normalized spacial score (nSPS) is 20.2. The Bertz CT molecular complexity index is 496. The molecule has 0 aromatic carbocycles. The Morgan fingerprint density at radius 3 is 3.06 bits per heavy atom. The van der Waals surface area contributed by atoms with Crippen LogP contribution in [-0.2, 0) is 16.3 Å². The maximum Gasteiger partial charge on any atom is 0.148 e. The van der Waals surface area contributed by atoms with Gasteiger partial charge in [-0.1, -0.05) is 0 Å². The Labute approximate surface area is 120 Å². The van der Waals surface area contributed by atoms with Gasteiger partial charge in [0.15, 0.2) is 0 Å². The Balaban J connectivity index is 1.99. The summed E-state index contributed by atoms with van der Waals surface area (Å²) in [5, 5.41) is 3.37. The number of thiophene rings is 1. The summed E-state index contributed by atoms with van der Waals surface area (Å²) in [6.45, 7) is 0.551. The minimum Gasteiger partial charge on any atom is -0.309 e. The van der Waals surface area contributed by atoms with Crippen molar-refractivity contribution in [1.29, 1.82) is 0 Å². The minimum absolute atomic E-state index is 0.222. The lowest BCUT2D eigenvalue weighted by atomic mass is 9.94. The number of hydrogen-bond donors (Lipinski definition) is 1. The van der Waals surface area contributed by atoms with E-state index in [0.29, 0.717) is 12.6 Å². The van der Waals surface area contributed by atoms with Gasteiger partial charge in [0.1, 0.15) is 9.84 Å². The summed E-state index contributed by atoms with van der Waals surface area (Å²) < 4.78 is 23.5. The highest BCUT2D eigenvalue weighted by molar-refractivity contribution is 14.1. The van der Waals surface area contributed by atoms with E-state index in [9.17, 15) is 8.42 Å². The summed E-state index contributed by atoms with van der Waals surface area (Å²) >= 11 is 4.22. The lowest BCUT2D eigenvalue weighted by Crippen LogP contribution is -2.28. The summed E-state index contributed by atoms with van der Waals surface area (Å²) in [5.74, 6) is 0.222. The van der Waals surface area contributed by atoms with Gasteiger partial charge in [-0.2, -0.15) is 0 Å². The smallest absolute Gasteiger partial charge is 0.148 e. The molecule has 0 fully saturated rings. The molecule has 1 aliphatic rings. The van der Waals surface area contributed by atoms with E-state index in [0.717, 1.165) is 6.42 Å². The molecule has 96 valence electrons. The van der Waals surface area contributed by atoms with Crippen molar-refractivity contribution in [1.82, 2.24) is 5.32 Å². The van der Waals surface area contributed by atoms with Gasteiger partial charge in [0.05, 0.1) is 8.64 Å². The predicted molar refractivity (Wildman–Crippen MR) is 80.4 cm³/mol. The first-order chi connectivity index (χ1) is 7.96. The summed E-state index contributed by atoms with van der Waals surface area (Å²) in [6.07, 6.45) is 4.77. The van der Waals surface area contributed by atoms with Crippen LogP contribution in [0.4, 0.5) is 0 Å². The summed E-state index contributed by atoms with van der Waals surface area (Å²) in [7, 11) is -2.86. The molecule has 0 spiro atoms. The van der Waals surface area contributed by atoms with Gasteiger partial charge in [0, 0.05) is 23.7 Å². The number of fused-ring (bicyclic) bond motifs is 1. The summed E-state index contributed by atoms with van der Waals surface area (Å²) in [6, 6.07) is 2.58. The van der Waals surface area contributed by atoms with Crippen molar-refractivity contribution < 1.29 is 8.42 Å². The minimum atomic E-state index is -2.86. The average molecular weight is 385 g/mol. The fraction of sp³-hybridized carbons (Fsp3) is 0.636. The molecule has 17 heavy (non-hydrogen) atoms. The van der Waals surface area contributed by atoms with Crippen LogP contribution in [0.25, 0.3) is 0 Å². The number of aryl methyl sites for hydroxylation is 1. The van der Waals surface area contributed by atoms with Crippen LogP contribution in [0.2, 0.25) is 0 Å². The van der Waals surface area contributed by atoms with Crippen LogP contribution in [0, 0.1) is 2.88 Å². The third-order valence-electron chi connectivity index (χ3n) is 2.95. The first kappa shape index (κ1) is 13.8. The van der Waals surface area contributed by atoms with E-state index in [4.69, 9.17) is 0 Å². The van der Waals surface area contributed by atoms with Crippen LogP contribution >= 0.6 is 33.9 Å². The topological polar surface area (TPSA) is 46.2 Å². The maximum atomic E-state index is 11.1. The number of sulfone groups is 1. The van der Waals surface area contributed by atoms with Gasteiger partial charge in [-0.25, -0.2) is 8.42 Å². The van der Waals surface area contributed by atoms with Crippen molar-refractivity contribution in [3.8, 4) is 0 Å². The van der Waals surface area contributed by atoms with Crippen LogP contribution in [0.15, 0.2) is 6.07 Å². The molecule has 1 heterocycles. The zero-order valence-corrected chi connectivity index (χ0v) is 13.5. The number of hydrogen-bond acceptors (Lipinski definition) is 4. The molecule has 1 aliphatic carbocycles. The molecule has 1 aromatic heterocycles. The molecule has 0 amide bonds. The molecule has 6 heteroatoms. The van der Waals surface area contributed by atoms with E-state index in [2.05, 4.69) is 34.0 Å². The van der Waals surface area contributed by atoms with Crippen molar-refractivity contribution >= 4 is 43.8 Å². The summed E-state index contributed by atoms with van der Waals surface area (Å²) in [4.78, 5) is 1.47. The van der Waals surface area contributed by atoms with E-state index < -0.39 is 9.84 Å². The van der Waals surface area contributed by atoms with Crippen molar-refractivity contribution in [2.45, 2.75) is 25.3 Å². The zero-order chi connectivity index (χ0) is 12.5. The molecule has 1 N–H and O–H groups in total. The largest absolute Gasteiger partial charge is 0.309 e. The lowest BCUT2D eigenvalue weighted by molar-refractivity contribution is 0.475. The molecular weight excluding hydrogens is 369 g/mol. The van der Waals surface area contributed by atoms with Gasteiger partial charge in [-0.05, 0) is 53.5 Å². The second-order valence-electron chi connectivity index (χ2n) is 4.46. The number of halogens is 1. The van der Waals surface area contributed by atoms with Crippen LogP contribution in [0.3, 0.4) is 0 Å². The van der Waals surface area contributed by atoms with Crippen LogP contribution in [0.1, 0.15) is 29.3 Å². The molecule has 0 aliphatic heterocycles. The van der Waals surface area contributed by atoms with Crippen LogP contribution < -0.4 is 5.32 Å². The van der Waals surface area contributed by atoms with Crippen molar-refractivity contribution in [3.63, 3.8) is 0 Å². The van der Waals surface area contributed by atoms with Crippen molar-refractivity contribution in [2.24, 2.45) is 0 Å². The molecular formula is C11H16INO2S2. The molecule has 0 saturated carbocycles. The molecule has 2 rings (SSSR count). The molecule has 1 aromatic rings. The SMILES string of the molecule is CS(=O)(=O)CCNC1CCCc2sc(I)cc21. The molecule has 0 saturated heterocycles. The third kappa shape index (κ3) is 3.90. The first-order valence-electron chi connectivity index (χ1n) is 5.65. The first-order valence-corrected chi connectivity index (χ1v) is 9.60. The van der Waals surface area contributed by atoms with Gasteiger partial charge < -0.3 is 5.32 Å². The molecule has 3 nitrogen and oxygen atoms in total. The van der Waals surface area contributed by atoms with Crippen LogP contribution in [-0.4, -0.2) is 27.0 Å². The fourth-order valence-corrected chi connectivity index (χ4v) is 4.76. The van der Waals surface area contributed by atoms with Crippen molar-refractivity contribution in [3.05, 3.63) is 19.4 Å². The van der Waals surface area contributed by atoms with Gasteiger partial charge in [0.2, 0.25) is 0 Å². The lowest BCUT2D eigenvalue weighted by Gasteiger charge is -2.23. The van der Waals surface area contributed by atoms with E-state index in [-0.39, 0.29) is 5.75 Å². The van der Waals surface area contributed by atoms with E-state index in [1.54, 1.807) is 0 Å². The Kier molecular flexibility index (Phi) is 4.49. The Morgan fingerprint density at radius 2 is 2.35 bits per heavy atom. The predicted octanol–water partition coefficient (Wildman–Crippen LogP) is 2.36. The standard InChI is InChI=1S/C11H16INO2S2/c1-17(14,15)6-5-13-9-3-2-4-10-8(9)7-11(12)16-10/h7,9,13H,2-6H2,1H3. The van der Waals surface area contributed by atoms with Crippen LogP contribution in [0.5, 0.6) is 0 Å². The van der Waals surface area contributed by atoms with Gasteiger partial charge >= 0.3 is 0 Å². The highest BCUT2D eigenvalue weighted by atomic mass is 127. The molecule has 1 unspecified atom stereocenters. The second kappa shape index (κ2) is 5.54. The van der Waals surface area contributed by atoms with Crippen molar-refractivity contribution in [2.75, 3.05) is 18.6 Å². The quantitative estimate of drug-likeness (QED) is 0.810. The van der Waals surface area contributed by atoms with E-state index in [1.165, 1.54) is 32.4 Å². The number of nitrogens with one attached hydrogen (secondary N) is 1. The maximum absolute atomic E-state index is 11.1. The van der Waals surface area contributed by atoms with E-state index in [1.807, 2.05) is 11.3 Å². The second-order valence-corrected chi connectivity index (χ2v) is 9.75. The Hall–Kier alpha value is 0.340. The zero-order valence-electron chi connectivity index (χ0n) is 9.70. The summed E-state index contributed by atoms with van der Waals surface area (Å²) in [5.41, 5.74) is 1.39. The fourth-order valence-electron chi connectivity index (χ4n) is 2.15. The third-order valence-corrected chi connectivity index (χ3v) is 5.86. The highest BCUT2D eigenvalue weighted by Crippen LogP contribution is 2.36. The Morgan fingerprint density at radius 1 is 1.59 bits per heavy atom. The van der Waals surface area contributed by atoms with Gasteiger partial charge in [-0.3, -0.25) is 0 Å².